The lowest BCUT2D eigenvalue weighted by Gasteiger charge is -2.31. The van der Waals surface area contributed by atoms with Crippen LogP contribution in [0.25, 0.3) is 5.65 Å². The van der Waals surface area contributed by atoms with E-state index in [2.05, 4.69) is 22.3 Å². The smallest absolute Gasteiger partial charge is 0.405 e. The molecule has 7 heteroatoms. The lowest BCUT2D eigenvalue weighted by atomic mass is 9.78. The van der Waals surface area contributed by atoms with E-state index in [9.17, 15) is 15.0 Å². The predicted molar refractivity (Wildman–Crippen MR) is 83.9 cm³/mol. The second-order valence-corrected chi connectivity index (χ2v) is 6.44. The van der Waals surface area contributed by atoms with Crippen molar-refractivity contribution in [3.8, 4) is 0 Å². The number of aromatic nitrogens is 3. The van der Waals surface area contributed by atoms with Crippen LogP contribution in [0.4, 0.5) is 4.79 Å². The van der Waals surface area contributed by atoms with Gasteiger partial charge < -0.3 is 15.5 Å². The van der Waals surface area contributed by atoms with Crippen molar-refractivity contribution >= 4 is 11.7 Å². The molecule has 0 aliphatic heterocycles. The number of nitrogens with one attached hydrogen (secondary N) is 1. The molecular formula is C16H22N4O3. The Balaban J connectivity index is 1.90. The van der Waals surface area contributed by atoms with Gasteiger partial charge in [0.1, 0.15) is 0 Å². The molecule has 23 heavy (non-hydrogen) atoms. The molecule has 3 rings (SSSR count). The predicted octanol–water partition coefficient (Wildman–Crippen LogP) is 2.36. The molecule has 2 aromatic heterocycles. The van der Waals surface area contributed by atoms with Gasteiger partial charge in [0.05, 0.1) is 30.7 Å². The highest BCUT2D eigenvalue weighted by atomic mass is 16.4. The maximum atomic E-state index is 11.2. The first-order chi connectivity index (χ1) is 11.1. The Morgan fingerprint density at radius 3 is 2.83 bits per heavy atom. The highest BCUT2D eigenvalue weighted by molar-refractivity contribution is 5.65. The average Bonchev–Trinajstić information content (AvgIpc) is 2.96. The zero-order chi connectivity index (χ0) is 16.4. The number of aliphatic hydroxyl groups is 1. The molecule has 2 aromatic rings. The van der Waals surface area contributed by atoms with Crippen LogP contribution in [0.3, 0.4) is 0 Å². The third-order valence-electron chi connectivity index (χ3n) is 4.71. The molecule has 1 fully saturated rings. The Labute approximate surface area is 134 Å². The van der Waals surface area contributed by atoms with Crippen molar-refractivity contribution in [3.05, 3.63) is 29.7 Å². The minimum absolute atomic E-state index is 0.0942. The van der Waals surface area contributed by atoms with Crippen molar-refractivity contribution in [3.63, 3.8) is 0 Å². The Kier molecular flexibility index (Phi) is 4.47. The van der Waals surface area contributed by atoms with Crippen LogP contribution >= 0.6 is 0 Å². The number of carboxylic acid groups (broad SMARTS) is 1. The Bertz CT molecular complexity index is 692. The number of nitrogens with zero attached hydrogens (tertiary/aromatic N) is 3. The Morgan fingerprint density at radius 1 is 1.43 bits per heavy atom. The number of amides is 1. The van der Waals surface area contributed by atoms with E-state index in [-0.39, 0.29) is 18.6 Å². The van der Waals surface area contributed by atoms with Gasteiger partial charge in [-0.15, -0.1) is 0 Å². The van der Waals surface area contributed by atoms with E-state index in [0.29, 0.717) is 22.8 Å². The van der Waals surface area contributed by atoms with Crippen LogP contribution in [-0.2, 0) is 6.61 Å². The average molecular weight is 318 g/mol. The summed E-state index contributed by atoms with van der Waals surface area (Å²) in [5, 5.41) is 25.2. The summed E-state index contributed by atoms with van der Waals surface area (Å²) >= 11 is 0. The fraction of sp³-hybridized carbons (Fsp3) is 0.562. The normalized spacial score (nSPS) is 22.9. The molecule has 0 aromatic carbocycles. The summed E-state index contributed by atoms with van der Waals surface area (Å²) in [6.07, 6.45) is 6.54. The zero-order valence-electron chi connectivity index (χ0n) is 13.1. The fourth-order valence-electron chi connectivity index (χ4n) is 3.36. The topological polar surface area (TPSA) is 99.8 Å². The minimum Gasteiger partial charge on any atom is -0.465 e. The summed E-state index contributed by atoms with van der Waals surface area (Å²) < 4.78 is 1.62. The summed E-state index contributed by atoms with van der Waals surface area (Å²) in [7, 11) is 0. The summed E-state index contributed by atoms with van der Waals surface area (Å²) in [6.45, 7) is 2.14. The van der Waals surface area contributed by atoms with Gasteiger partial charge in [-0.2, -0.15) is 5.10 Å². The lowest BCUT2D eigenvalue weighted by molar-refractivity contribution is 0.173. The van der Waals surface area contributed by atoms with Gasteiger partial charge in [0, 0.05) is 5.56 Å². The Hall–Kier alpha value is -2.15. The van der Waals surface area contributed by atoms with E-state index in [4.69, 9.17) is 0 Å². The standard InChI is InChI=1S/C16H22N4O3/c1-10-2-4-12(5-3-10)15(19-16(22)23)13-8-20-14(18-13)6-11(9-21)7-17-20/h6-8,10,12,15,19,21H,2-5,9H2,1H3,(H,22,23)/t10?,12?,15-/m0/s1. The van der Waals surface area contributed by atoms with Crippen molar-refractivity contribution in [2.24, 2.45) is 11.8 Å². The largest absolute Gasteiger partial charge is 0.465 e. The van der Waals surface area contributed by atoms with Crippen LogP contribution < -0.4 is 5.32 Å². The molecule has 1 aliphatic carbocycles. The number of carbonyl (C=O) groups is 1. The van der Waals surface area contributed by atoms with Crippen LogP contribution in [0.1, 0.15) is 49.9 Å². The molecule has 1 atom stereocenters. The molecule has 0 unspecified atom stereocenters. The highest BCUT2D eigenvalue weighted by Crippen LogP contribution is 2.36. The zero-order valence-corrected chi connectivity index (χ0v) is 13.1. The van der Waals surface area contributed by atoms with Crippen LogP contribution in [0.2, 0.25) is 0 Å². The molecule has 3 N–H and O–H groups in total. The fourth-order valence-corrected chi connectivity index (χ4v) is 3.36. The number of hydrogen-bond acceptors (Lipinski definition) is 4. The first kappa shape index (κ1) is 15.7. The molecule has 124 valence electrons. The van der Waals surface area contributed by atoms with Crippen molar-refractivity contribution in [2.75, 3.05) is 0 Å². The molecule has 0 saturated heterocycles. The molecule has 1 aliphatic rings. The van der Waals surface area contributed by atoms with Gasteiger partial charge in [-0.25, -0.2) is 14.3 Å². The van der Waals surface area contributed by atoms with Crippen molar-refractivity contribution in [1.82, 2.24) is 19.9 Å². The molecule has 0 radical (unpaired) electrons. The number of fused-ring (bicyclic) bond motifs is 1. The first-order valence-corrected chi connectivity index (χ1v) is 8.01. The van der Waals surface area contributed by atoms with Crippen LogP contribution in [0.15, 0.2) is 18.5 Å². The molecular weight excluding hydrogens is 296 g/mol. The van der Waals surface area contributed by atoms with Crippen LogP contribution in [-0.4, -0.2) is 30.9 Å². The SMILES string of the molecule is CC1CCC([C@H](NC(=O)O)c2cn3ncc(CO)cc3n2)CC1. The first-order valence-electron chi connectivity index (χ1n) is 8.01. The summed E-state index contributed by atoms with van der Waals surface area (Å²) in [6, 6.07) is 1.44. The summed E-state index contributed by atoms with van der Waals surface area (Å²) in [4.78, 5) is 15.7. The quantitative estimate of drug-likeness (QED) is 0.803. The van der Waals surface area contributed by atoms with Gasteiger partial charge in [0.25, 0.3) is 0 Å². The van der Waals surface area contributed by atoms with E-state index in [1.807, 2.05) is 0 Å². The minimum atomic E-state index is -1.03. The Morgan fingerprint density at radius 2 is 2.17 bits per heavy atom. The van der Waals surface area contributed by atoms with Crippen LogP contribution in [0, 0.1) is 11.8 Å². The number of aliphatic hydroxyl groups excluding tert-OH is 1. The monoisotopic (exact) mass is 318 g/mol. The molecule has 0 spiro atoms. The van der Waals surface area contributed by atoms with E-state index in [0.717, 1.165) is 25.7 Å². The third kappa shape index (κ3) is 3.44. The van der Waals surface area contributed by atoms with Crippen molar-refractivity contribution in [2.45, 2.75) is 45.3 Å². The molecule has 0 bridgehead atoms. The van der Waals surface area contributed by atoms with Gasteiger partial charge in [0.2, 0.25) is 0 Å². The molecule has 2 heterocycles. The summed E-state index contributed by atoms with van der Waals surface area (Å²) in [5.74, 6) is 0.955. The number of rotatable bonds is 4. The summed E-state index contributed by atoms with van der Waals surface area (Å²) in [5.41, 5.74) is 1.99. The molecule has 7 nitrogen and oxygen atoms in total. The number of hydrogen-bond donors (Lipinski definition) is 3. The van der Waals surface area contributed by atoms with E-state index in [1.165, 1.54) is 0 Å². The second kappa shape index (κ2) is 6.54. The highest BCUT2D eigenvalue weighted by Gasteiger charge is 2.30. The van der Waals surface area contributed by atoms with Gasteiger partial charge in [0.15, 0.2) is 5.65 Å². The van der Waals surface area contributed by atoms with Gasteiger partial charge in [-0.05, 0) is 30.7 Å². The van der Waals surface area contributed by atoms with Crippen molar-refractivity contribution in [1.29, 1.82) is 0 Å². The van der Waals surface area contributed by atoms with Crippen molar-refractivity contribution < 1.29 is 15.0 Å². The molecule has 1 saturated carbocycles. The maximum Gasteiger partial charge on any atom is 0.405 e. The molecule has 1 amide bonds. The maximum absolute atomic E-state index is 11.2. The third-order valence-corrected chi connectivity index (χ3v) is 4.71. The van der Waals surface area contributed by atoms with E-state index < -0.39 is 6.09 Å². The van der Waals surface area contributed by atoms with Gasteiger partial charge >= 0.3 is 6.09 Å². The van der Waals surface area contributed by atoms with Crippen LogP contribution in [0.5, 0.6) is 0 Å². The van der Waals surface area contributed by atoms with Gasteiger partial charge in [-0.3, -0.25) is 0 Å². The second-order valence-electron chi connectivity index (χ2n) is 6.44. The lowest BCUT2D eigenvalue weighted by Crippen LogP contribution is -2.34. The van der Waals surface area contributed by atoms with E-state index >= 15 is 0 Å². The van der Waals surface area contributed by atoms with Gasteiger partial charge in [-0.1, -0.05) is 19.8 Å². The number of imidazole rings is 1. The van der Waals surface area contributed by atoms with E-state index in [1.54, 1.807) is 23.0 Å².